The summed E-state index contributed by atoms with van der Waals surface area (Å²) in [6.07, 6.45) is 5.63. The lowest BCUT2D eigenvalue weighted by molar-refractivity contribution is -0.145. The SMILES string of the molecule is CC(C)c1cccc(C2=CCNC(C(=O)C3C(C(=O)NO)CC4(CC4)CN3C)C2)c1. The van der Waals surface area contributed by atoms with Crippen molar-refractivity contribution in [1.82, 2.24) is 15.7 Å². The average Bonchev–Trinajstić information content (AvgIpc) is 3.50. The minimum Gasteiger partial charge on any atom is -0.304 e. The smallest absolute Gasteiger partial charge is 0.248 e. The Morgan fingerprint density at radius 3 is 2.73 bits per heavy atom. The van der Waals surface area contributed by atoms with E-state index in [-0.39, 0.29) is 17.2 Å². The van der Waals surface area contributed by atoms with Gasteiger partial charge in [0.1, 0.15) is 0 Å². The minimum absolute atomic E-state index is 0.0483. The lowest BCUT2D eigenvalue weighted by Crippen LogP contribution is -2.59. The van der Waals surface area contributed by atoms with E-state index in [2.05, 4.69) is 49.5 Å². The predicted molar refractivity (Wildman–Crippen MR) is 116 cm³/mol. The molecular weight excluding hydrogens is 378 g/mol. The van der Waals surface area contributed by atoms with Gasteiger partial charge in [-0.3, -0.25) is 19.7 Å². The first-order chi connectivity index (χ1) is 14.3. The summed E-state index contributed by atoms with van der Waals surface area (Å²) in [6, 6.07) is 7.70. The summed E-state index contributed by atoms with van der Waals surface area (Å²) in [7, 11) is 1.94. The van der Waals surface area contributed by atoms with E-state index >= 15 is 0 Å². The third kappa shape index (κ3) is 4.09. The number of amides is 1. The Balaban J connectivity index is 1.53. The highest BCUT2D eigenvalue weighted by Gasteiger charge is 2.55. The highest BCUT2D eigenvalue weighted by molar-refractivity contribution is 5.96. The van der Waals surface area contributed by atoms with Crippen LogP contribution in [0.1, 0.15) is 56.6 Å². The molecule has 1 amide bonds. The van der Waals surface area contributed by atoms with E-state index in [0.717, 1.165) is 19.4 Å². The van der Waals surface area contributed by atoms with Crippen molar-refractivity contribution >= 4 is 17.3 Å². The van der Waals surface area contributed by atoms with Crippen LogP contribution in [0.2, 0.25) is 0 Å². The lowest BCUT2D eigenvalue weighted by atomic mass is 9.76. The second-order valence-corrected chi connectivity index (χ2v) is 9.72. The molecule has 2 aliphatic heterocycles. The highest BCUT2D eigenvalue weighted by Crippen LogP contribution is 2.54. The molecule has 0 radical (unpaired) electrons. The molecule has 2 heterocycles. The number of carbonyl (C=O) groups excluding carboxylic acids is 2. The summed E-state index contributed by atoms with van der Waals surface area (Å²) in [5.41, 5.74) is 5.58. The molecule has 4 rings (SSSR count). The molecule has 3 atom stereocenters. The van der Waals surface area contributed by atoms with Gasteiger partial charge in [-0.05, 0) is 60.8 Å². The fourth-order valence-corrected chi connectivity index (χ4v) is 5.29. The van der Waals surface area contributed by atoms with Crippen molar-refractivity contribution in [1.29, 1.82) is 0 Å². The van der Waals surface area contributed by atoms with Gasteiger partial charge in [0.25, 0.3) is 0 Å². The van der Waals surface area contributed by atoms with E-state index in [0.29, 0.717) is 25.3 Å². The van der Waals surface area contributed by atoms with Crippen molar-refractivity contribution in [2.24, 2.45) is 11.3 Å². The van der Waals surface area contributed by atoms with Gasteiger partial charge in [-0.2, -0.15) is 0 Å². The maximum absolute atomic E-state index is 13.6. The average molecular weight is 412 g/mol. The quantitative estimate of drug-likeness (QED) is 0.513. The minimum atomic E-state index is -0.512. The van der Waals surface area contributed by atoms with E-state index in [1.54, 1.807) is 0 Å². The zero-order chi connectivity index (χ0) is 21.5. The molecule has 1 saturated heterocycles. The summed E-state index contributed by atoms with van der Waals surface area (Å²) in [5, 5.41) is 12.6. The van der Waals surface area contributed by atoms with Crippen molar-refractivity contribution in [3.05, 3.63) is 41.5 Å². The Morgan fingerprint density at radius 1 is 1.30 bits per heavy atom. The second-order valence-electron chi connectivity index (χ2n) is 9.72. The number of piperidine rings is 1. The Labute approximate surface area is 178 Å². The topological polar surface area (TPSA) is 81.7 Å². The number of rotatable bonds is 5. The number of likely N-dealkylation sites (tertiary alicyclic amines) is 1. The Bertz CT molecular complexity index is 859. The number of likely N-dealkylation sites (N-methyl/N-ethyl adjacent to an activating group) is 1. The number of hydrogen-bond acceptors (Lipinski definition) is 5. The Kier molecular flexibility index (Phi) is 5.84. The molecule has 0 bridgehead atoms. The number of hydrogen-bond donors (Lipinski definition) is 3. The zero-order valence-corrected chi connectivity index (χ0v) is 18.1. The summed E-state index contributed by atoms with van der Waals surface area (Å²) >= 11 is 0. The molecule has 1 aromatic rings. The van der Waals surface area contributed by atoms with Gasteiger partial charge in [0.2, 0.25) is 5.91 Å². The second kappa shape index (κ2) is 8.25. The predicted octanol–water partition coefficient (Wildman–Crippen LogP) is 2.73. The van der Waals surface area contributed by atoms with Crippen LogP contribution in [0.25, 0.3) is 5.57 Å². The zero-order valence-electron chi connectivity index (χ0n) is 18.1. The van der Waals surface area contributed by atoms with Crippen molar-refractivity contribution in [3.8, 4) is 0 Å². The highest BCUT2D eigenvalue weighted by atomic mass is 16.5. The van der Waals surface area contributed by atoms with E-state index in [1.807, 2.05) is 17.4 Å². The number of benzene rings is 1. The van der Waals surface area contributed by atoms with E-state index in [4.69, 9.17) is 0 Å². The van der Waals surface area contributed by atoms with E-state index < -0.39 is 17.9 Å². The molecule has 30 heavy (non-hydrogen) atoms. The molecule has 1 aromatic carbocycles. The molecule has 2 fully saturated rings. The molecule has 1 spiro atoms. The van der Waals surface area contributed by atoms with Crippen LogP contribution in [-0.2, 0) is 9.59 Å². The standard InChI is InChI=1S/C24H33N3O3/c1-15(2)16-5-4-6-17(11-16)18-7-10-25-20(12-18)22(28)21-19(23(29)26-30)13-24(8-9-24)14-27(21)3/h4-7,11,15,19-21,25,30H,8-10,12-14H2,1-3H3,(H,26,29). The number of ketones is 1. The summed E-state index contributed by atoms with van der Waals surface area (Å²) < 4.78 is 0. The molecule has 0 aromatic heterocycles. The first-order valence-electron chi connectivity index (χ1n) is 11.0. The molecule has 3 aliphatic rings. The fraction of sp³-hybridized carbons (Fsp3) is 0.583. The van der Waals surface area contributed by atoms with Crippen molar-refractivity contribution in [2.75, 3.05) is 20.1 Å². The van der Waals surface area contributed by atoms with Gasteiger partial charge in [-0.1, -0.05) is 44.2 Å². The van der Waals surface area contributed by atoms with Crippen LogP contribution in [0.4, 0.5) is 0 Å². The van der Waals surface area contributed by atoms with Crippen LogP contribution in [0, 0.1) is 11.3 Å². The van der Waals surface area contributed by atoms with Crippen molar-refractivity contribution in [3.63, 3.8) is 0 Å². The largest absolute Gasteiger partial charge is 0.304 e. The monoisotopic (exact) mass is 411 g/mol. The van der Waals surface area contributed by atoms with Crippen LogP contribution in [0.3, 0.4) is 0 Å². The third-order valence-electron chi connectivity index (χ3n) is 7.19. The molecular formula is C24H33N3O3. The van der Waals surface area contributed by atoms with Gasteiger partial charge in [0.05, 0.1) is 18.0 Å². The van der Waals surface area contributed by atoms with E-state index in [1.165, 1.54) is 16.7 Å². The lowest BCUT2D eigenvalue weighted by Gasteiger charge is -2.43. The Morgan fingerprint density at radius 2 is 2.07 bits per heavy atom. The fourth-order valence-electron chi connectivity index (χ4n) is 5.29. The first kappa shape index (κ1) is 21.2. The number of hydroxylamine groups is 1. The number of nitrogens with zero attached hydrogens (tertiary/aromatic N) is 1. The van der Waals surface area contributed by atoms with Gasteiger partial charge >= 0.3 is 0 Å². The summed E-state index contributed by atoms with van der Waals surface area (Å²) in [4.78, 5) is 28.1. The molecule has 1 saturated carbocycles. The third-order valence-corrected chi connectivity index (χ3v) is 7.19. The summed E-state index contributed by atoms with van der Waals surface area (Å²) in [5.74, 6) is -0.452. The molecule has 3 N–H and O–H groups in total. The van der Waals surface area contributed by atoms with Crippen LogP contribution in [-0.4, -0.2) is 54.0 Å². The van der Waals surface area contributed by atoms with Gasteiger partial charge in [-0.25, -0.2) is 5.48 Å². The first-order valence-corrected chi connectivity index (χ1v) is 11.0. The van der Waals surface area contributed by atoms with Crippen LogP contribution < -0.4 is 10.8 Å². The van der Waals surface area contributed by atoms with E-state index in [9.17, 15) is 14.8 Å². The molecule has 6 nitrogen and oxygen atoms in total. The maximum Gasteiger partial charge on any atom is 0.248 e. The van der Waals surface area contributed by atoms with Crippen molar-refractivity contribution in [2.45, 2.75) is 57.5 Å². The number of carbonyl (C=O) groups is 2. The number of nitrogens with one attached hydrogen (secondary N) is 2. The van der Waals surface area contributed by atoms with Crippen LogP contribution in [0.5, 0.6) is 0 Å². The molecule has 3 unspecified atom stereocenters. The van der Waals surface area contributed by atoms with Gasteiger partial charge in [0, 0.05) is 13.1 Å². The van der Waals surface area contributed by atoms with Crippen molar-refractivity contribution < 1.29 is 14.8 Å². The van der Waals surface area contributed by atoms with Crippen LogP contribution >= 0.6 is 0 Å². The summed E-state index contributed by atoms with van der Waals surface area (Å²) in [6.45, 7) is 5.83. The van der Waals surface area contributed by atoms with Gasteiger partial charge in [0.15, 0.2) is 5.78 Å². The molecule has 1 aliphatic carbocycles. The Hall–Kier alpha value is -2.02. The molecule has 162 valence electrons. The van der Waals surface area contributed by atoms with Crippen LogP contribution in [0.15, 0.2) is 30.3 Å². The van der Waals surface area contributed by atoms with Gasteiger partial charge < -0.3 is 5.32 Å². The number of Topliss-reactive ketones (excluding diaryl/α,β-unsaturated/α-hetero) is 1. The normalized spacial score (nSPS) is 28.3. The maximum atomic E-state index is 13.6. The van der Waals surface area contributed by atoms with Gasteiger partial charge in [-0.15, -0.1) is 0 Å². The molecule has 6 heteroatoms.